The van der Waals surface area contributed by atoms with Crippen LogP contribution in [0.5, 0.6) is 0 Å². The quantitative estimate of drug-likeness (QED) is 0.390. The van der Waals surface area contributed by atoms with E-state index in [-0.39, 0.29) is 5.97 Å². The molecule has 0 N–H and O–H groups in total. The molecule has 1 saturated carbocycles. The summed E-state index contributed by atoms with van der Waals surface area (Å²) < 4.78 is 14.2. The molecule has 5 nitrogen and oxygen atoms in total. The van der Waals surface area contributed by atoms with Crippen molar-refractivity contribution in [3.63, 3.8) is 0 Å². The maximum atomic E-state index is 11.5. The van der Waals surface area contributed by atoms with Crippen LogP contribution in [0.4, 0.5) is 0 Å². The molecule has 0 aromatic heterocycles. The Morgan fingerprint density at radius 2 is 1.67 bits per heavy atom. The van der Waals surface area contributed by atoms with Gasteiger partial charge in [-0.05, 0) is 12.8 Å². The SMILES string of the molecule is COC(=O)/C=C(/OC)C1(C(=O)OC)CC1. The van der Waals surface area contributed by atoms with E-state index in [2.05, 4.69) is 9.47 Å². The van der Waals surface area contributed by atoms with Gasteiger partial charge in [-0.3, -0.25) is 4.79 Å². The normalized spacial score (nSPS) is 17.9. The maximum Gasteiger partial charge on any atom is 0.333 e. The molecule has 0 heterocycles. The lowest BCUT2D eigenvalue weighted by Crippen LogP contribution is -2.21. The monoisotopic (exact) mass is 214 g/mol. The summed E-state index contributed by atoms with van der Waals surface area (Å²) in [7, 11) is 4.00. The minimum atomic E-state index is -0.766. The molecular weight excluding hydrogens is 200 g/mol. The highest BCUT2D eigenvalue weighted by molar-refractivity contribution is 5.88. The van der Waals surface area contributed by atoms with E-state index in [1.165, 1.54) is 27.4 Å². The number of esters is 2. The first-order valence-electron chi connectivity index (χ1n) is 4.53. The number of carbonyl (C=O) groups excluding carboxylic acids is 2. The van der Waals surface area contributed by atoms with E-state index in [0.29, 0.717) is 18.6 Å². The minimum Gasteiger partial charge on any atom is -0.500 e. The van der Waals surface area contributed by atoms with E-state index in [4.69, 9.17) is 4.74 Å². The topological polar surface area (TPSA) is 61.8 Å². The Labute approximate surface area is 88.0 Å². The first-order chi connectivity index (χ1) is 7.10. The summed E-state index contributed by atoms with van der Waals surface area (Å²) in [5, 5.41) is 0. The summed E-state index contributed by atoms with van der Waals surface area (Å²) in [5.74, 6) is -0.609. The second-order valence-corrected chi connectivity index (χ2v) is 3.31. The molecular formula is C10H14O5. The average Bonchev–Trinajstić information content (AvgIpc) is 3.05. The van der Waals surface area contributed by atoms with Crippen molar-refractivity contribution < 1.29 is 23.8 Å². The fourth-order valence-corrected chi connectivity index (χ4v) is 1.43. The molecule has 0 bridgehead atoms. The molecule has 1 aliphatic carbocycles. The van der Waals surface area contributed by atoms with Crippen LogP contribution in [0.15, 0.2) is 11.8 Å². The van der Waals surface area contributed by atoms with Gasteiger partial charge in [0.2, 0.25) is 0 Å². The number of hydrogen-bond acceptors (Lipinski definition) is 5. The van der Waals surface area contributed by atoms with Gasteiger partial charge in [0.05, 0.1) is 27.4 Å². The Hall–Kier alpha value is -1.52. The summed E-state index contributed by atoms with van der Waals surface area (Å²) in [4.78, 5) is 22.5. The third-order valence-electron chi connectivity index (χ3n) is 2.47. The van der Waals surface area contributed by atoms with Crippen molar-refractivity contribution in [2.45, 2.75) is 12.8 Å². The van der Waals surface area contributed by atoms with E-state index in [9.17, 15) is 9.59 Å². The van der Waals surface area contributed by atoms with Crippen molar-refractivity contribution in [1.29, 1.82) is 0 Å². The van der Waals surface area contributed by atoms with Crippen LogP contribution in [-0.2, 0) is 23.8 Å². The van der Waals surface area contributed by atoms with E-state index in [1.54, 1.807) is 0 Å². The van der Waals surface area contributed by atoms with Crippen LogP contribution in [0.3, 0.4) is 0 Å². The summed E-state index contributed by atoms with van der Waals surface area (Å²) in [6.07, 6.45) is 2.45. The van der Waals surface area contributed by atoms with Crippen LogP contribution < -0.4 is 0 Å². The minimum absolute atomic E-state index is 0.307. The van der Waals surface area contributed by atoms with E-state index in [0.717, 1.165) is 0 Å². The lowest BCUT2D eigenvalue weighted by molar-refractivity contribution is -0.146. The van der Waals surface area contributed by atoms with Gasteiger partial charge in [-0.1, -0.05) is 0 Å². The van der Waals surface area contributed by atoms with Gasteiger partial charge < -0.3 is 14.2 Å². The lowest BCUT2D eigenvalue weighted by Gasteiger charge is -2.15. The van der Waals surface area contributed by atoms with Crippen LogP contribution in [0.25, 0.3) is 0 Å². The molecule has 1 fully saturated rings. The second-order valence-electron chi connectivity index (χ2n) is 3.31. The average molecular weight is 214 g/mol. The number of rotatable bonds is 4. The third kappa shape index (κ3) is 2.11. The van der Waals surface area contributed by atoms with Gasteiger partial charge >= 0.3 is 11.9 Å². The second kappa shape index (κ2) is 4.33. The van der Waals surface area contributed by atoms with Crippen molar-refractivity contribution in [2.75, 3.05) is 21.3 Å². The maximum absolute atomic E-state index is 11.5. The Morgan fingerprint density at radius 1 is 1.07 bits per heavy atom. The molecule has 0 amide bonds. The van der Waals surface area contributed by atoms with Gasteiger partial charge in [-0.25, -0.2) is 4.79 Å². The molecule has 1 rings (SSSR count). The fraction of sp³-hybridized carbons (Fsp3) is 0.600. The first-order valence-corrected chi connectivity index (χ1v) is 4.53. The first kappa shape index (κ1) is 11.6. The zero-order valence-corrected chi connectivity index (χ0v) is 9.03. The van der Waals surface area contributed by atoms with Crippen LogP contribution in [0, 0.1) is 5.41 Å². The van der Waals surface area contributed by atoms with E-state index >= 15 is 0 Å². The van der Waals surface area contributed by atoms with Crippen molar-refractivity contribution in [2.24, 2.45) is 5.41 Å². The lowest BCUT2D eigenvalue weighted by atomic mass is 10.0. The van der Waals surface area contributed by atoms with Crippen LogP contribution >= 0.6 is 0 Å². The fourth-order valence-electron chi connectivity index (χ4n) is 1.43. The summed E-state index contributed by atoms with van der Waals surface area (Å²) in [6.45, 7) is 0. The molecule has 0 aromatic carbocycles. The molecule has 0 atom stereocenters. The molecule has 0 unspecified atom stereocenters. The van der Waals surface area contributed by atoms with Crippen molar-refractivity contribution in [3.05, 3.63) is 11.8 Å². The standard InChI is InChI=1S/C10H14O5/c1-13-7(6-8(11)14-2)10(4-5-10)9(12)15-3/h6H,4-5H2,1-3H3/b7-6+. The van der Waals surface area contributed by atoms with E-state index in [1.807, 2.05) is 0 Å². The van der Waals surface area contributed by atoms with Gasteiger partial charge in [0, 0.05) is 0 Å². The highest BCUT2D eigenvalue weighted by atomic mass is 16.5. The molecule has 0 aromatic rings. The predicted octanol–water partition coefficient (Wildman–Crippen LogP) is 0.643. The molecule has 0 spiro atoms. The largest absolute Gasteiger partial charge is 0.500 e. The zero-order valence-electron chi connectivity index (χ0n) is 9.03. The van der Waals surface area contributed by atoms with Crippen molar-refractivity contribution in [1.82, 2.24) is 0 Å². The molecule has 1 aliphatic rings. The van der Waals surface area contributed by atoms with Gasteiger partial charge in [0.25, 0.3) is 0 Å². The smallest absolute Gasteiger partial charge is 0.333 e. The van der Waals surface area contributed by atoms with Gasteiger partial charge in [-0.2, -0.15) is 0 Å². The number of hydrogen-bond donors (Lipinski definition) is 0. The van der Waals surface area contributed by atoms with Crippen molar-refractivity contribution >= 4 is 11.9 Å². The van der Waals surface area contributed by atoms with Crippen LogP contribution in [0.2, 0.25) is 0 Å². The predicted molar refractivity (Wildman–Crippen MR) is 50.8 cm³/mol. The molecule has 0 radical (unpaired) electrons. The Morgan fingerprint density at radius 3 is 2.00 bits per heavy atom. The third-order valence-corrected chi connectivity index (χ3v) is 2.47. The highest BCUT2D eigenvalue weighted by Crippen LogP contribution is 2.52. The van der Waals surface area contributed by atoms with Crippen molar-refractivity contribution in [3.8, 4) is 0 Å². The Kier molecular flexibility index (Phi) is 3.34. The zero-order chi connectivity index (χ0) is 11.5. The highest BCUT2D eigenvalue weighted by Gasteiger charge is 2.55. The molecule has 0 aliphatic heterocycles. The van der Waals surface area contributed by atoms with Gasteiger partial charge in [0.1, 0.15) is 11.2 Å². The molecule has 0 saturated heterocycles. The van der Waals surface area contributed by atoms with Crippen LogP contribution in [-0.4, -0.2) is 33.3 Å². The number of ether oxygens (including phenoxy) is 3. The summed E-state index contributed by atoms with van der Waals surface area (Å²) in [5.41, 5.74) is -0.766. The summed E-state index contributed by atoms with van der Waals surface area (Å²) >= 11 is 0. The van der Waals surface area contributed by atoms with Gasteiger partial charge in [-0.15, -0.1) is 0 Å². The molecule has 15 heavy (non-hydrogen) atoms. The van der Waals surface area contributed by atoms with Crippen LogP contribution in [0.1, 0.15) is 12.8 Å². The van der Waals surface area contributed by atoms with E-state index < -0.39 is 11.4 Å². The number of methoxy groups -OCH3 is 3. The Balaban J connectivity index is 2.88. The Bertz CT molecular complexity index is 301. The summed E-state index contributed by atoms with van der Waals surface area (Å²) in [6, 6.07) is 0. The number of carbonyl (C=O) groups is 2. The molecule has 84 valence electrons. The van der Waals surface area contributed by atoms with Gasteiger partial charge in [0.15, 0.2) is 0 Å². The molecule has 5 heteroatoms.